The fourth-order valence-corrected chi connectivity index (χ4v) is 3.21. The smallest absolute Gasteiger partial charge is 0.349 e. The second kappa shape index (κ2) is 9.53. The average molecular weight is 432 g/mol. The van der Waals surface area contributed by atoms with Crippen molar-refractivity contribution in [1.82, 2.24) is 0 Å². The van der Waals surface area contributed by atoms with E-state index in [0.29, 0.717) is 26.7 Å². The largest absolute Gasteiger partial charge is 0.465 e. The third kappa shape index (κ3) is 6.15. The van der Waals surface area contributed by atoms with Crippen molar-refractivity contribution in [3.05, 3.63) is 46.3 Å². The Balaban J connectivity index is 1.91. The van der Waals surface area contributed by atoms with Crippen LogP contribution < -0.4 is 10.6 Å². The zero-order valence-electron chi connectivity index (χ0n) is 17.5. The Morgan fingerprint density at radius 2 is 1.63 bits per heavy atom. The van der Waals surface area contributed by atoms with Gasteiger partial charge < -0.3 is 20.1 Å². The van der Waals surface area contributed by atoms with E-state index in [9.17, 15) is 19.2 Å². The van der Waals surface area contributed by atoms with Crippen LogP contribution in [-0.4, -0.2) is 37.5 Å². The molecule has 2 amide bonds. The molecule has 0 radical (unpaired) electrons. The molecular weight excluding hydrogens is 408 g/mol. The van der Waals surface area contributed by atoms with Crippen LogP contribution in [0.25, 0.3) is 0 Å². The summed E-state index contributed by atoms with van der Waals surface area (Å²) in [4.78, 5) is 48.2. The summed E-state index contributed by atoms with van der Waals surface area (Å²) in [6.45, 7) is 6.63. The molecule has 160 valence electrons. The van der Waals surface area contributed by atoms with Gasteiger partial charge in [0.25, 0.3) is 5.91 Å². The average Bonchev–Trinajstić information content (AvgIpc) is 3.05. The van der Waals surface area contributed by atoms with Crippen molar-refractivity contribution in [3.8, 4) is 0 Å². The second-order valence-electron chi connectivity index (χ2n) is 7.52. The minimum absolute atomic E-state index is 0.165. The Morgan fingerprint density at radius 1 is 1.00 bits per heavy atom. The molecule has 2 rings (SSSR count). The Morgan fingerprint density at radius 3 is 2.20 bits per heavy atom. The van der Waals surface area contributed by atoms with Gasteiger partial charge >= 0.3 is 11.9 Å². The van der Waals surface area contributed by atoms with E-state index in [4.69, 9.17) is 4.74 Å². The predicted octanol–water partition coefficient (Wildman–Crippen LogP) is 3.62. The third-order valence-electron chi connectivity index (χ3n) is 3.95. The van der Waals surface area contributed by atoms with Gasteiger partial charge in [-0.15, -0.1) is 11.3 Å². The molecule has 8 nitrogen and oxygen atoms in total. The number of carbonyl (C=O) groups excluding carboxylic acids is 4. The molecular formula is C21H24N2O6S. The monoisotopic (exact) mass is 432 g/mol. The molecule has 0 bridgehead atoms. The van der Waals surface area contributed by atoms with Gasteiger partial charge in [0, 0.05) is 11.1 Å². The number of aryl methyl sites for hydroxylation is 1. The summed E-state index contributed by atoms with van der Waals surface area (Å²) < 4.78 is 9.69. The van der Waals surface area contributed by atoms with E-state index in [1.807, 2.05) is 0 Å². The van der Waals surface area contributed by atoms with Crippen LogP contribution in [0.1, 0.15) is 46.4 Å². The molecule has 0 unspecified atom stereocenters. The van der Waals surface area contributed by atoms with Crippen LogP contribution in [0.15, 0.2) is 30.3 Å². The van der Waals surface area contributed by atoms with E-state index < -0.39 is 29.9 Å². The molecule has 0 aliphatic carbocycles. The fraction of sp³-hybridized carbons (Fsp3) is 0.333. The second-order valence-corrected chi connectivity index (χ2v) is 8.57. The molecule has 1 aromatic carbocycles. The summed E-state index contributed by atoms with van der Waals surface area (Å²) in [5.41, 5.74) is 0.881. The summed E-state index contributed by atoms with van der Waals surface area (Å²) in [6.07, 6.45) is 0. The van der Waals surface area contributed by atoms with E-state index >= 15 is 0 Å². The first-order valence-electron chi connectivity index (χ1n) is 9.08. The van der Waals surface area contributed by atoms with E-state index in [1.54, 1.807) is 45.9 Å². The number of amides is 2. The number of nitrogens with one attached hydrogen (secondary N) is 2. The van der Waals surface area contributed by atoms with Gasteiger partial charge in [-0.25, -0.2) is 9.59 Å². The highest BCUT2D eigenvalue weighted by molar-refractivity contribution is 7.18. The molecule has 1 aromatic heterocycles. The molecule has 0 spiro atoms. The summed E-state index contributed by atoms with van der Waals surface area (Å²) in [6, 6.07) is 7.79. The summed E-state index contributed by atoms with van der Waals surface area (Å²) in [5, 5.41) is 5.88. The number of hydrogen-bond donors (Lipinski definition) is 2. The molecule has 0 atom stereocenters. The topological polar surface area (TPSA) is 111 Å². The molecule has 2 N–H and O–H groups in total. The van der Waals surface area contributed by atoms with Crippen molar-refractivity contribution in [2.45, 2.75) is 27.7 Å². The van der Waals surface area contributed by atoms with Crippen LogP contribution in [0.3, 0.4) is 0 Å². The first-order chi connectivity index (χ1) is 14.0. The summed E-state index contributed by atoms with van der Waals surface area (Å²) >= 11 is 1.09. The highest BCUT2D eigenvalue weighted by Gasteiger charge is 2.23. The number of esters is 2. The van der Waals surface area contributed by atoms with Gasteiger partial charge in [-0.2, -0.15) is 0 Å². The standard InChI is InChI=1S/C21H24N2O6S/c1-12-10-16(23-20(27)21(2,3)4)30-17(12)19(26)29-11-15(24)22-14-8-6-13(7-9-14)18(25)28-5/h6-10H,11H2,1-5H3,(H,22,24)(H,23,27). The van der Waals surface area contributed by atoms with E-state index in [1.165, 1.54) is 19.2 Å². The number of hydrogen-bond acceptors (Lipinski definition) is 7. The molecule has 9 heteroatoms. The van der Waals surface area contributed by atoms with Crippen molar-refractivity contribution in [1.29, 1.82) is 0 Å². The lowest BCUT2D eigenvalue weighted by Gasteiger charge is -2.16. The van der Waals surface area contributed by atoms with Crippen LogP contribution in [-0.2, 0) is 19.1 Å². The zero-order valence-corrected chi connectivity index (χ0v) is 18.3. The number of thiophene rings is 1. The van der Waals surface area contributed by atoms with Crippen molar-refractivity contribution < 1.29 is 28.7 Å². The van der Waals surface area contributed by atoms with Gasteiger partial charge in [-0.3, -0.25) is 9.59 Å². The zero-order chi connectivity index (χ0) is 22.5. The number of benzene rings is 1. The highest BCUT2D eigenvalue weighted by atomic mass is 32.1. The first kappa shape index (κ1) is 23.1. The van der Waals surface area contributed by atoms with E-state index in [-0.39, 0.29) is 5.91 Å². The molecule has 0 fully saturated rings. The molecule has 30 heavy (non-hydrogen) atoms. The minimum atomic E-state index is -0.648. The first-order valence-corrected chi connectivity index (χ1v) is 9.90. The maximum absolute atomic E-state index is 12.3. The molecule has 0 saturated heterocycles. The molecule has 0 saturated carbocycles. The van der Waals surface area contributed by atoms with Gasteiger partial charge in [0.2, 0.25) is 5.91 Å². The van der Waals surface area contributed by atoms with Gasteiger partial charge in [-0.05, 0) is 42.8 Å². The third-order valence-corrected chi connectivity index (χ3v) is 5.08. The van der Waals surface area contributed by atoms with Crippen LogP contribution in [0.4, 0.5) is 10.7 Å². The van der Waals surface area contributed by atoms with Crippen molar-refractivity contribution in [2.24, 2.45) is 5.41 Å². The number of rotatable bonds is 6. The normalized spacial score (nSPS) is 10.8. The van der Waals surface area contributed by atoms with Crippen LogP contribution in [0.5, 0.6) is 0 Å². The lowest BCUT2D eigenvalue weighted by atomic mass is 9.96. The number of carbonyl (C=O) groups is 4. The Hall–Kier alpha value is -3.20. The summed E-state index contributed by atoms with van der Waals surface area (Å²) in [5.74, 6) is -1.82. The lowest BCUT2D eigenvalue weighted by molar-refractivity contribution is -0.123. The number of anilines is 2. The Labute approximate surface area is 178 Å². The molecule has 1 heterocycles. The van der Waals surface area contributed by atoms with E-state index in [0.717, 1.165) is 11.3 Å². The number of ether oxygens (including phenoxy) is 2. The van der Waals surface area contributed by atoms with Crippen molar-refractivity contribution in [2.75, 3.05) is 24.4 Å². The molecule has 0 aliphatic rings. The van der Waals surface area contributed by atoms with Crippen molar-refractivity contribution in [3.63, 3.8) is 0 Å². The van der Waals surface area contributed by atoms with Gasteiger partial charge in [0.1, 0.15) is 4.88 Å². The minimum Gasteiger partial charge on any atom is -0.465 e. The molecule has 0 aliphatic heterocycles. The SMILES string of the molecule is COC(=O)c1ccc(NC(=O)COC(=O)c2sc(NC(=O)C(C)(C)C)cc2C)cc1. The van der Waals surface area contributed by atoms with Crippen LogP contribution in [0, 0.1) is 12.3 Å². The predicted molar refractivity (Wildman–Crippen MR) is 114 cm³/mol. The maximum Gasteiger partial charge on any atom is 0.349 e. The summed E-state index contributed by atoms with van der Waals surface area (Å²) in [7, 11) is 1.28. The maximum atomic E-state index is 12.3. The Kier molecular flexibility index (Phi) is 7.33. The molecule has 2 aromatic rings. The highest BCUT2D eigenvalue weighted by Crippen LogP contribution is 2.29. The van der Waals surface area contributed by atoms with Crippen molar-refractivity contribution >= 4 is 45.8 Å². The van der Waals surface area contributed by atoms with E-state index in [2.05, 4.69) is 15.4 Å². The number of methoxy groups -OCH3 is 1. The van der Waals surface area contributed by atoms with Gasteiger partial charge in [-0.1, -0.05) is 20.8 Å². The van der Waals surface area contributed by atoms with Crippen LogP contribution >= 0.6 is 11.3 Å². The van der Waals surface area contributed by atoms with Gasteiger partial charge in [0.05, 0.1) is 17.7 Å². The quantitative estimate of drug-likeness (QED) is 0.675. The lowest BCUT2D eigenvalue weighted by Crippen LogP contribution is -2.27. The Bertz CT molecular complexity index is 957. The van der Waals surface area contributed by atoms with Crippen LogP contribution in [0.2, 0.25) is 0 Å². The van der Waals surface area contributed by atoms with Gasteiger partial charge in [0.15, 0.2) is 6.61 Å². The fourth-order valence-electron chi connectivity index (χ4n) is 2.25.